The van der Waals surface area contributed by atoms with Crippen molar-refractivity contribution < 1.29 is 13.3 Å². The first-order chi connectivity index (χ1) is 9.94. The van der Waals surface area contributed by atoms with E-state index in [4.69, 9.17) is 0 Å². The van der Waals surface area contributed by atoms with Crippen LogP contribution in [0.15, 0.2) is 58.3 Å². The summed E-state index contributed by atoms with van der Waals surface area (Å²) in [7, 11) is -4.01. The van der Waals surface area contributed by atoms with E-state index in [1.807, 2.05) is 12.3 Å². The van der Waals surface area contributed by atoms with Crippen LogP contribution in [0.1, 0.15) is 0 Å². The number of nitrogens with one attached hydrogen (secondary N) is 1. The second kappa shape index (κ2) is 6.15. The summed E-state index contributed by atoms with van der Waals surface area (Å²) in [6.07, 6.45) is 1.87. The molecule has 0 saturated heterocycles. The van der Waals surface area contributed by atoms with E-state index in [-0.39, 0.29) is 4.90 Å². The highest BCUT2D eigenvalue weighted by molar-refractivity contribution is 7.98. The van der Waals surface area contributed by atoms with Gasteiger partial charge in [0, 0.05) is 16.6 Å². The molecule has 110 valence electrons. The van der Waals surface area contributed by atoms with E-state index in [2.05, 4.69) is 4.72 Å². The Hall–Kier alpha value is -2.06. The fraction of sp³-hybridized carbons (Fsp3) is 0.0769. The minimum Gasteiger partial charge on any atom is -0.279 e. The van der Waals surface area contributed by atoms with Crippen molar-refractivity contribution in [3.05, 3.63) is 58.6 Å². The summed E-state index contributed by atoms with van der Waals surface area (Å²) in [5.74, 6) is 0. The van der Waals surface area contributed by atoms with Crippen molar-refractivity contribution in [1.82, 2.24) is 0 Å². The molecule has 0 aliphatic heterocycles. The molecule has 0 bridgehead atoms. The summed E-state index contributed by atoms with van der Waals surface area (Å²) in [4.78, 5) is 10.7. The maximum absolute atomic E-state index is 12.3. The average molecular weight is 324 g/mol. The highest BCUT2D eigenvalue weighted by Gasteiger charge is 2.25. The first kappa shape index (κ1) is 15.3. The molecule has 0 aliphatic rings. The number of hydrogen-bond donors (Lipinski definition) is 1. The molecule has 0 atom stereocenters. The van der Waals surface area contributed by atoms with Gasteiger partial charge >= 0.3 is 0 Å². The maximum Gasteiger partial charge on any atom is 0.289 e. The maximum atomic E-state index is 12.3. The minimum atomic E-state index is -4.01. The third-order valence-corrected chi connectivity index (χ3v) is 4.83. The van der Waals surface area contributed by atoms with E-state index in [1.54, 1.807) is 18.2 Å². The van der Waals surface area contributed by atoms with Gasteiger partial charge in [-0.2, -0.15) is 0 Å². The van der Waals surface area contributed by atoms with Crippen LogP contribution in [0.5, 0.6) is 0 Å². The first-order valence-electron chi connectivity index (χ1n) is 5.84. The van der Waals surface area contributed by atoms with E-state index in [1.165, 1.54) is 30.0 Å². The Balaban J connectivity index is 2.41. The standard InChI is InChI=1S/C13H12N2O4S2/c1-20-11-6-4-5-10(9-11)14-21(18,19)13-8-3-2-7-12(13)15(16)17/h2-9,14H,1H3. The number of para-hydroxylation sites is 1. The van der Waals surface area contributed by atoms with E-state index in [0.29, 0.717) is 5.69 Å². The van der Waals surface area contributed by atoms with Gasteiger partial charge in [-0.15, -0.1) is 11.8 Å². The lowest BCUT2D eigenvalue weighted by Crippen LogP contribution is -2.14. The van der Waals surface area contributed by atoms with Gasteiger partial charge in [-0.05, 0) is 30.5 Å². The molecule has 8 heteroatoms. The molecule has 21 heavy (non-hydrogen) atoms. The zero-order chi connectivity index (χ0) is 15.5. The van der Waals surface area contributed by atoms with Crippen molar-refractivity contribution in [1.29, 1.82) is 0 Å². The largest absolute Gasteiger partial charge is 0.289 e. The van der Waals surface area contributed by atoms with Crippen LogP contribution in [0.3, 0.4) is 0 Å². The fourth-order valence-electron chi connectivity index (χ4n) is 1.73. The summed E-state index contributed by atoms with van der Waals surface area (Å²) in [5.41, 5.74) is -0.0916. The predicted molar refractivity (Wildman–Crippen MR) is 82.1 cm³/mol. The molecule has 2 aromatic rings. The molecule has 2 aromatic carbocycles. The SMILES string of the molecule is CSc1cccc(NS(=O)(=O)c2ccccc2[N+](=O)[O-])c1. The molecule has 2 rings (SSSR count). The smallest absolute Gasteiger partial charge is 0.279 e. The van der Waals surface area contributed by atoms with Gasteiger partial charge < -0.3 is 0 Å². The van der Waals surface area contributed by atoms with Crippen molar-refractivity contribution in [3.63, 3.8) is 0 Å². The monoisotopic (exact) mass is 324 g/mol. The molecule has 0 fully saturated rings. The summed E-state index contributed by atoms with van der Waals surface area (Å²) < 4.78 is 27.0. The molecule has 0 saturated carbocycles. The molecule has 0 amide bonds. The zero-order valence-electron chi connectivity index (χ0n) is 11.0. The molecule has 0 aliphatic carbocycles. The van der Waals surface area contributed by atoms with Crippen LogP contribution >= 0.6 is 11.8 Å². The van der Waals surface area contributed by atoms with E-state index < -0.39 is 20.6 Å². The number of nitrogens with zero attached hydrogens (tertiary/aromatic N) is 1. The molecule has 0 radical (unpaired) electrons. The van der Waals surface area contributed by atoms with Crippen molar-refractivity contribution in [2.45, 2.75) is 9.79 Å². The predicted octanol–water partition coefficient (Wildman–Crippen LogP) is 3.12. The number of nitro groups is 1. The number of benzene rings is 2. The summed E-state index contributed by atoms with van der Waals surface area (Å²) in [6.45, 7) is 0. The Kier molecular flexibility index (Phi) is 4.49. The molecule has 0 unspecified atom stereocenters. The molecule has 1 N–H and O–H groups in total. The van der Waals surface area contributed by atoms with E-state index >= 15 is 0 Å². The molecule has 0 aromatic heterocycles. The Labute approximate surface area is 126 Å². The minimum absolute atomic E-state index is 0.357. The van der Waals surface area contributed by atoms with E-state index in [9.17, 15) is 18.5 Å². The first-order valence-corrected chi connectivity index (χ1v) is 8.55. The Bertz CT molecular complexity index is 775. The third-order valence-electron chi connectivity index (χ3n) is 2.67. The number of hydrogen-bond acceptors (Lipinski definition) is 5. The molecule has 6 nitrogen and oxygen atoms in total. The normalized spacial score (nSPS) is 11.1. The summed E-state index contributed by atoms with van der Waals surface area (Å²) in [5, 5.41) is 10.9. The molecule has 0 heterocycles. The topological polar surface area (TPSA) is 89.3 Å². The lowest BCUT2D eigenvalue weighted by atomic mass is 10.3. The van der Waals surface area contributed by atoms with Crippen molar-refractivity contribution in [2.24, 2.45) is 0 Å². The van der Waals surface area contributed by atoms with Gasteiger partial charge in [-0.25, -0.2) is 8.42 Å². The quantitative estimate of drug-likeness (QED) is 0.518. The van der Waals surface area contributed by atoms with E-state index in [0.717, 1.165) is 11.0 Å². The van der Waals surface area contributed by atoms with Gasteiger partial charge in [-0.3, -0.25) is 14.8 Å². The average Bonchev–Trinajstić information content (AvgIpc) is 2.47. The number of anilines is 1. The van der Waals surface area contributed by atoms with Crippen molar-refractivity contribution >= 4 is 33.2 Å². The molecular weight excluding hydrogens is 312 g/mol. The number of rotatable bonds is 5. The lowest BCUT2D eigenvalue weighted by molar-refractivity contribution is -0.387. The molecular formula is C13H12N2O4S2. The summed E-state index contributed by atoms with van der Waals surface area (Å²) >= 11 is 1.47. The second-order valence-electron chi connectivity index (χ2n) is 4.06. The fourth-order valence-corrected chi connectivity index (χ4v) is 3.41. The van der Waals surface area contributed by atoms with Gasteiger partial charge in [0.15, 0.2) is 4.90 Å². The van der Waals surface area contributed by atoms with Crippen LogP contribution in [0.4, 0.5) is 11.4 Å². The Morgan fingerprint density at radius 1 is 1.14 bits per heavy atom. The lowest BCUT2D eigenvalue weighted by Gasteiger charge is -2.09. The van der Waals surface area contributed by atoms with Gasteiger partial charge in [0.05, 0.1) is 4.92 Å². The Morgan fingerprint density at radius 3 is 2.52 bits per heavy atom. The van der Waals surface area contributed by atoms with Crippen LogP contribution in [-0.4, -0.2) is 19.6 Å². The van der Waals surface area contributed by atoms with Gasteiger partial charge in [-0.1, -0.05) is 18.2 Å². The Morgan fingerprint density at radius 2 is 1.86 bits per heavy atom. The van der Waals surface area contributed by atoms with Gasteiger partial charge in [0.25, 0.3) is 15.7 Å². The van der Waals surface area contributed by atoms with Gasteiger partial charge in [0.2, 0.25) is 0 Å². The number of nitro benzene ring substituents is 1. The van der Waals surface area contributed by atoms with Gasteiger partial charge in [0.1, 0.15) is 0 Å². The highest BCUT2D eigenvalue weighted by atomic mass is 32.2. The number of sulfonamides is 1. The van der Waals surface area contributed by atoms with Crippen molar-refractivity contribution in [3.8, 4) is 0 Å². The number of thioether (sulfide) groups is 1. The van der Waals surface area contributed by atoms with Crippen LogP contribution in [-0.2, 0) is 10.0 Å². The third kappa shape index (κ3) is 3.53. The van der Waals surface area contributed by atoms with Crippen LogP contribution in [0.25, 0.3) is 0 Å². The highest BCUT2D eigenvalue weighted by Crippen LogP contribution is 2.26. The van der Waals surface area contributed by atoms with Crippen LogP contribution in [0.2, 0.25) is 0 Å². The second-order valence-corrected chi connectivity index (χ2v) is 6.59. The zero-order valence-corrected chi connectivity index (χ0v) is 12.6. The van der Waals surface area contributed by atoms with Crippen LogP contribution in [0, 0.1) is 10.1 Å². The van der Waals surface area contributed by atoms with Crippen molar-refractivity contribution in [2.75, 3.05) is 11.0 Å². The molecule has 0 spiro atoms. The van der Waals surface area contributed by atoms with Crippen LogP contribution < -0.4 is 4.72 Å². The summed E-state index contributed by atoms with van der Waals surface area (Å²) in [6, 6.07) is 12.0.